The summed E-state index contributed by atoms with van der Waals surface area (Å²) in [5, 5.41) is 0. The van der Waals surface area contributed by atoms with Crippen molar-refractivity contribution in [2.75, 3.05) is 13.2 Å². The van der Waals surface area contributed by atoms with Gasteiger partial charge in [-0.05, 0) is 19.8 Å². The summed E-state index contributed by atoms with van der Waals surface area (Å²) < 4.78 is 4.56. The summed E-state index contributed by atoms with van der Waals surface area (Å²) in [7, 11) is 0. The molecule has 1 nitrogen and oxygen atoms in total. The molecule has 0 aromatic heterocycles. The van der Waals surface area contributed by atoms with Crippen LogP contribution in [0.25, 0.3) is 0 Å². The van der Waals surface area contributed by atoms with E-state index in [0.29, 0.717) is 0 Å². The van der Waals surface area contributed by atoms with Gasteiger partial charge in [0.05, 0.1) is 0 Å². The summed E-state index contributed by atoms with van der Waals surface area (Å²) >= 11 is 14.4. The zero-order chi connectivity index (χ0) is 15.6. The molecule has 0 saturated heterocycles. The molecular formula is C16H27Cl3O. The number of rotatable bonds is 6. The molecule has 1 rings (SSSR count). The third kappa shape index (κ3) is 26.6. The molecule has 0 heterocycles. The number of aryl methyl sites for hydroxylation is 1. The summed E-state index contributed by atoms with van der Waals surface area (Å²) in [5.74, 6) is 0. The molecule has 0 bridgehead atoms. The summed E-state index contributed by atoms with van der Waals surface area (Å²) in [5.41, 5.74) is 1.32. The van der Waals surface area contributed by atoms with Gasteiger partial charge in [-0.15, -0.1) is 0 Å². The number of unbranched alkanes of at least 4 members (excludes halogenated alkanes) is 2. The van der Waals surface area contributed by atoms with Crippen molar-refractivity contribution in [3.8, 4) is 0 Å². The number of alkyl halides is 3. The molecule has 0 spiro atoms. The Bertz CT molecular complexity index is 257. The lowest BCUT2D eigenvalue weighted by molar-refractivity contribution is 0.128. The van der Waals surface area contributed by atoms with Crippen molar-refractivity contribution in [3.05, 3.63) is 35.9 Å². The van der Waals surface area contributed by atoms with Crippen molar-refractivity contribution in [1.29, 1.82) is 0 Å². The molecule has 0 unspecified atom stereocenters. The third-order valence-electron chi connectivity index (χ3n) is 2.22. The Labute approximate surface area is 139 Å². The van der Waals surface area contributed by atoms with Crippen molar-refractivity contribution < 1.29 is 4.74 Å². The molecule has 20 heavy (non-hydrogen) atoms. The Morgan fingerprint density at radius 1 is 0.900 bits per heavy atom. The maximum atomic E-state index is 5.31. The number of benzene rings is 1. The molecule has 0 aliphatic rings. The van der Waals surface area contributed by atoms with E-state index in [-0.39, 0.29) is 0 Å². The van der Waals surface area contributed by atoms with Crippen molar-refractivity contribution in [1.82, 2.24) is 0 Å². The first-order chi connectivity index (χ1) is 9.54. The topological polar surface area (TPSA) is 9.23 Å². The van der Waals surface area contributed by atoms with Gasteiger partial charge >= 0.3 is 0 Å². The van der Waals surface area contributed by atoms with Gasteiger partial charge in [-0.3, -0.25) is 0 Å². The van der Waals surface area contributed by atoms with Gasteiger partial charge < -0.3 is 4.74 Å². The van der Waals surface area contributed by atoms with E-state index in [1.54, 1.807) is 0 Å². The first-order valence-electron chi connectivity index (χ1n) is 7.06. The molecule has 1 aromatic rings. The normalized spacial score (nSPS) is 9.35. The second kappa shape index (κ2) is 19.1. The second-order valence-corrected chi connectivity index (χ2v) is 6.20. The van der Waals surface area contributed by atoms with Gasteiger partial charge in [-0.2, -0.15) is 0 Å². The monoisotopic (exact) mass is 340 g/mol. The van der Waals surface area contributed by atoms with Gasteiger partial charge in [-0.1, -0.05) is 97.4 Å². The minimum Gasteiger partial charge on any atom is -0.381 e. The highest BCUT2D eigenvalue weighted by Crippen LogP contribution is 2.03. The highest BCUT2D eigenvalue weighted by atomic mass is 35.6. The minimum atomic E-state index is -0.750. The lowest BCUT2D eigenvalue weighted by Crippen LogP contribution is -1.95. The Balaban J connectivity index is 0. The van der Waals surface area contributed by atoms with E-state index >= 15 is 0 Å². The minimum absolute atomic E-state index is 0.750. The predicted molar refractivity (Wildman–Crippen MR) is 93.2 cm³/mol. The average molecular weight is 342 g/mol. The first kappa shape index (κ1) is 22.3. The Morgan fingerprint density at radius 2 is 1.30 bits per heavy atom. The molecule has 0 radical (unpaired) electrons. The van der Waals surface area contributed by atoms with E-state index in [1.807, 2.05) is 18.2 Å². The summed E-state index contributed by atoms with van der Waals surface area (Å²) in [6.07, 6.45) is 4.91. The van der Waals surface area contributed by atoms with Crippen LogP contribution in [0.5, 0.6) is 0 Å². The van der Waals surface area contributed by atoms with Gasteiger partial charge in [0.2, 0.25) is 0 Å². The van der Waals surface area contributed by atoms with Crippen molar-refractivity contribution in [3.63, 3.8) is 0 Å². The molecule has 118 valence electrons. The van der Waals surface area contributed by atoms with Crippen LogP contribution in [-0.4, -0.2) is 17.5 Å². The van der Waals surface area contributed by atoms with E-state index in [0.717, 1.165) is 13.2 Å². The van der Waals surface area contributed by atoms with Crippen LogP contribution in [0.1, 0.15) is 45.1 Å². The zero-order valence-electron chi connectivity index (χ0n) is 12.7. The molecular weight excluding hydrogens is 315 g/mol. The van der Waals surface area contributed by atoms with Crippen molar-refractivity contribution in [2.24, 2.45) is 0 Å². The van der Waals surface area contributed by atoms with Gasteiger partial charge in [0.25, 0.3) is 0 Å². The molecule has 0 N–H and O–H groups in total. The number of halogens is 3. The van der Waals surface area contributed by atoms with Crippen LogP contribution in [0.2, 0.25) is 0 Å². The quantitative estimate of drug-likeness (QED) is 0.419. The molecule has 0 aliphatic carbocycles. The van der Waals surface area contributed by atoms with Crippen LogP contribution in [-0.2, 0) is 4.74 Å². The van der Waals surface area contributed by atoms with Crippen molar-refractivity contribution in [2.45, 2.75) is 50.7 Å². The Hall–Kier alpha value is 0.0500. The van der Waals surface area contributed by atoms with Gasteiger partial charge in [0.15, 0.2) is 4.30 Å². The largest absolute Gasteiger partial charge is 0.381 e. The van der Waals surface area contributed by atoms with E-state index in [2.05, 4.69) is 32.9 Å². The third-order valence-corrected chi connectivity index (χ3v) is 2.22. The highest BCUT2D eigenvalue weighted by molar-refractivity contribution is 6.63. The van der Waals surface area contributed by atoms with Gasteiger partial charge in [0.1, 0.15) is 0 Å². The fourth-order valence-corrected chi connectivity index (χ4v) is 1.13. The molecule has 1 aromatic carbocycles. The lowest BCUT2D eigenvalue weighted by Gasteiger charge is -1.99. The van der Waals surface area contributed by atoms with Crippen molar-refractivity contribution >= 4 is 34.8 Å². The fourth-order valence-electron chi connectivity index (χ4n) is 1.13. The Kier molecular flexibility index (Phi) is 21.3. The second-order valence-electron chi connectivity index (χ2n) is 4.22. The van der Waals surface area contributed by atoms with Gasteiger partial charge in [-0.25, -0.2) is 0 Å². The molecule has 0 fully saturated rings. The Morgan fingerprint density at radius 3 is 1.55 bits per heavy atom. The van der Waals surface area contributed by atoms with E-state index in [4.69, 9.17) is 39.5 Å². The highest BCUT2D eigenvalue weighted by Gasteiger charge is 1.84. The molecule has 4 heteroatoms. The van der Waals surface area contributed by atoms with E-state index < -0.39 is 4.30 Å². The van der Waals surface area contributed by atoms with E-state index in [9.17, 15) is 0 Å². The number of hydrogen-bond donors (Lipinski definition) is 0. The smallest absolute Gasteiger partial charge is 0.180 e. The fraction of sp³-hybridized carbons (Fsp3) is 0.625. The molecule has 0 amide bonds. The van der Waals surface area contributed by atoms with E-state index in [1.165, 1.54) is 31.2 Å². The van der Waals surface area contributed by atoms with Gasteiger partial charge in [0, 0.05) is 13.2 Å². The first-order valence-corrected chi connectivity index (χ1v) is 8.37. The molecule has 0 saturated carbocycles. The van der Waals surface area contributed by atoms with Crippen LogP contribution in [0.4, 0.5) is 0 Å². The van der Waals surface area contributed by atoms with Crippen LogP contribution in [0, 0.1) is 6.92 Å². The van der Waals surface area contributed by atoms with Crippen LogP contribution < -0.4 is 0 Å². The number of ether oxygens (including phenoxy) is 1. The maximum Gasteiger partial charge on any atom is 0.180 e. The summed E-state index contributed by atoms with van der Waals surface area (Å²) in [6.45, 7) is 8.36. The van der Waals surface area contributed by atoms with Crippen LogP contribution >= 0.6 is 34.8 Å². The average Bonchev–Trinajstić information content (AvgIpc) is 2.40. The lowest BCUT2D eigenvalue weighted by atomic mass is 10.2. The summed E-state index contributed by atoms with van der Waals surface area (Å²) in [6, 6.07) is 10.3. The summed E-state index contributed by atoms with van der Waals surface area (Å²) in [4.78, 5) is 0. The zero-order valence-corrected chi connectivity index (χ0v) is 15.0. The standard InChI is InChI=1S/C8H18O.C7H8.CHCl3/c1-3-5-7-9-8-6-4-2;1-7-5-3-2-4-6-7;2-1(3)4/h3-8H2,1-2H3;2-6H,1H3;1H. The predicted octanol–water partition coefficient (Wildman–Crippen LogP) is 6.58. The van der Waals surface area contributed by atoms with Crippen LogP contribution in [0.15, 0.2) is 30.3 Å². The van der Waals surface area contributed by atoms with Crippen LogP contribution in [0.3, 0.4) is 0 Å². The SMILES string of the molecule is CCCCOCCCC.Cc1ccccc1.ClC(Cl)Cl. The molecule has 0 atom stereocenters. The molecule has 0 aliphatic heterocycles. The number of hydrogen-bond acceptors (Lipinski definition) is 1. The maximum absolute atomic E-state index is 5.31.